The molecule has 0 unspecified atom stereocenters. The topological polar surface area (TPSA) is 75.7 Å². The van der Waals surface area contributed by atoms with E-state index in [1.165, 1.54) is 25.5 Å². The van der Waals surface area contributed by atoms with E-state index in [1.54, 1.807) is 24.3 Å². The van der Waals surface area contributed by atoms with Crippen LogP contribution in [0.5, 0.6) is 0 Å². The Labute approximate surface area is 119 Å². The number of methoxy groups -OCH3 is 1. The van der Waals surface area contributed by atoms with Crippen molar-refractivity contribution in [2.24, 2.45) is 0 Å². The van der Waals surface area contributed by atoms with Crippen LogP contribution >= 0.6 is 0 Å². The third-order valence-electron chi connectivity index (χ3n) is 2.80. The number of nitrogens with zero attached hydrogens (tertiary/aromatic N) is 1. The fourth-order valence-electron chi connectivity index (χ4n) is 1.49. The van der Waals surface area contributed by atoms with E-state index in [0.29, 0.717) is 18.7 Å². The van der Waals surface area contributed by atoms with E-state index in [4.69, 9.17) is 0 Å². The van der Waals surface area contributed by atoms with Crippen molar-refractivity contribution in [3.05, 3.63) is 35.4 Å². The van der Waals surface area contributed by atoms with Crippen molar-refractivity contribution in [3.8, 4) is 0 Å². The highest BCUT2D eigenvalue weighted by atomic mass is 32.2. The number of esters is 1. The number of sulfonamides is 1. The summed E-state index contributed by atoms with van der Waals surface area (Å²) in [7, 11) is 1.20. The van der Waals surface area contributed by atoms with Crippen LogP contribution in [0.4, 0.5) is 0 Å². The van der Waals surface area contributed by atoms with Crippen molar-refractivity contribution >= 4 is 16.0 Å². The minimum absolute atomic E-state index is 0.0558. The zero-order valence-corrected chi connectivity index (χ0v) is 12.7. The lowest BCUT2D eigenvalue weighted by Crippen LogP contribution is -2.31. The molecule has 0 radical (unpaired) electrons. The Kier molecular flexibility index (Phi) is 6.12. The number of carbonyl (C=O) groups excluding carboxylic acids is 1. The molecule has 1 aromatic carbocycles. The molecule has 6 nitrogen and oxygen atoms in total. The molecule has 112 valence electrons. The highest BCUT2D eigenvalue weighted by Gasteiger charge is 2.12. The monoisotopic (exact) mass is 300 g/mol. The maximum absolute atomic E-state index is 11.5. The number of hydrogen-bond donors (Lipinski definition) is 1. The molecule has 1 rings (SSSR count). The number of rotatable bonds is 7. The second-order valence-corrected chi connectivity index (χ2v) is 6.77. The van der Waals surface area contributed by atoms with Gasteiger partial charge in [-0.05, 0) is 17.7 Å². The van der Waals surface area contributed by atoms with Crippen LogP contribution in [0.15, 0.2) is 24.3 Å². The first-order chi connectivity index (χ1) is 9.36. The summed E-state index contributed by atoms with van der Waals surface area (Å²) in [4.78, 5) is 11.3. The lowest BCUT2D eigenvalue weighted by atomic mass is 10.1. The first-order valence-electron chi connectivity index (χ1n) is 6.15. The predicted octanol–water partition coefficient (Wildman–Crippen LogP) is 0.454. The largest absolute Gasteiger partial charge is 0.465 e. The van der Waals surface area contributed by atoms with Crippen LogP contribution in [0, 0.1) is 0 Å². The molecule has 0 aliphatic heterocycles. The Morgan fingerprint density at radius 3 is 2.35 bits per heavy atom. The number of nitrogens with one attached hydrogen (secondary N) is 1. The fraction of sp³-hybridized carbons (Fsp3) is 0.462. The first-order valence-corrected chi connectivity index (χ1v) is 7.76. The van der Waals surface area contributed by atoms with Gasteiger partial charge in [0, 0.05) is 27.2 Å². The van der Waals surface area contributed by atoms with Crippen LogP contribution < -0.4 is 5.32 Å². The normalized spacial score (nSPS) is 11.6. The van der Waals surface area contributed by atoms with E-state index in [-0.39, 0.29) is 11.7 Å². The summed E-state index contributed by atoms with van der Waals surface area (Å²) >= 11 is 0. The quantitative estimate of drug-likeness (QED) is 0.584. The predicted molar refractivity (Wildman–Crippen MR) is 77.0 cm³/mol. The maximum atomic E-state index is 11.5. The summed E-state index contributed by atoms with van der Waals surface area (Å²) in [6.45, 7) is 0.920. The van der Waals surface area contributed by atoms with Crippen LogP contribution in [0.25, 0.3) is 0 Å². The van der Waals surface area contributed by atoms with Crippen molar-refractivity contribution in [1.29, 1.82) is 0 Å². The molecule has 0 heterocycles. The number of ether oxygens (including phenoxy) is 1. The van der Waals surface area contributed by atoms with E-state index in [1.807, 2.05) is 0 Å². The fourth-order valence-corrected chi connectivity index (χ4v) is 2.26. The van der Waals surface area contributed by atoms with Crippen LogP contribution in [0.3, 0.4) is 0 Å². The SMILES string of the molecule is COC(=O)c1ccc(CNCCS(=O)(=O)N(C)C)cc1. The summed E-state index contributed by atoms with van der Waals surface area (Å²) in [5.41, 5.74) is 1.46. The van der Waals surface area contributed by atoms with Gasteiger partial charge in [0.05, 0.1) is 18.4 Å². The minimum Gasteiger partial charge on any atom is -0.465 e. The van der Waals surface area contributed by atoms with Crippen LogP contribution in [0.2, 0.25) is 0 Å². The van der Waals surface area contributed by atoms with Gasteiger partial charge >= 0.3 is 5.97 Å². The van der Waals surface area contributed by atoms with Gasteiger partial charge in [-0.2, -0.15) is 0 Å². The molecule has 0 aliphatic rings. The molecule has 0 saturated carbocycles. The lowest BCUT2D eigenvalue weighted by molar-refractivity contribution is 0.0600. The Morgan fingerprint density at radius 1 is 1.25 bits per heavy atom. The Balaban J connectivity index is 2.42. The minimum atomic E-state index is -3.16. The molecule has 0 aliphatic carbocycles. The van der Waals surface area contributed by atoms with Gasteiger partial charge in [-0.15, -0.1) is 0 Å². The smallest absolute Gasteiger partial charge is 0.337 e. The summed E-state index contributed by atoms with van der Waals surface area (Å²) < 4.78 is 28.9. The summed E-state index contributed by atoms with van der Waals surface area (Å²) in [6.07, 6.45) is 0. The molecular weight excluding hydrogens is 280 g/mol. The second-order valence-electron chi connectivity index (χ2n) is 4.46. The molecule has 1 aromatic rings. The van der Waals surface area contributed by atoms with E-state index < -0.39 is 10.0 Å². The third kappa shape index (κ3) is 4.92. The zero-order chi connectivity index (χ0) is 15.2. The van der Waals surface area contributed by atoms with Crippen LogP contribution in [-0.4, -0.2) is 52.2 Å². The van der Waals surface area contributed by atoms with Gasteiger partial charge in [-0.1, -0.05) is 12.1 Å². The Bertz CT molecular complexity index is 538. The van der Waals surface area contributed by atoms with E-state index in [2.05, 4.69) is 10.1 Å². The summed E-state index contributed by atoms with van der Waals surface area (Å²) in [5.74, 6) is -0.318. The van der Waals surface area contributed by atoms with E-state index in [9.17, 15) is 13.2 Å². The zero-order valence-electron chi connectivity index (χ0n) is 11.9. The average Bonchev–Trinajstić information content (AvgIpc) is 2.43. The van der Waals surface area contributed by atoms with Crippen molar-refractivity contribution in [1.82, 2.24) is 9.62 Å². The van der Waals surface area contributed by atoms with Crippen molar-refractivity contribution in [2.45, 2.75) is 6.54 Å². The van der Waals surface area contributed by atoms with Gasteiger partial charge < -0.3 is 10.1 Å². The molecule has 1 N–H and O–H groups in total. The molecule has 0 bridgehead atoms. The molecule has 0 spiro atoms. The molecule has 0 atom stereocenters. The molecule has 20 heavy (non-hydrogen) atoms. The van der Waals surface area contributed by atoms with Gasteiger partial charge in [0.25, 0.3) is 0 Å². The number of hydrogen-bond acceptors (Lipinski definition) is 5. The molecule has 0 saturated heterocycles. The highest BCUT2D eigenvalue weighted by molar-refractivity contribution is 7.89. The van der Waals surface area contributed by atoms with Crippen LogP contribution in [-0.2, 0) is 21.3 Å². The van der Waals surface area contributed by atoms with E-state index in [0.717, 1.165) is 5.56 Å². The molecule has 7 heteroatoms. The molecule has 0 aromatic heterocycles. The van der Waals surface area contributed by atoms with E-state index >= 15 is 0 Å². The van der Waals surface area contributed by atoms with Crippen molar-refractivity contribution < 1.29 is 17.9 Å². The standard InChI is InChI=1S/C13H20N2O4S/c1-15(2)20(17,18)9-8-14-10-11-4-6-12(7-5-11)13(16)19-3/h4-7,14H,8-10H2,1-3H3. The van der Waals surface area contributed by atoms with Gasteiger partial charge in [0.1, 0.15) is 0 Å². The maximum Gasteiger partial charge on any atom is 0.337 e. The summed E-state index contributed by atoms with van der Waals surface area (Å²) in [6, 6.07) is 6.97. The van der Waals surface area contributed by atoms with Gasteiger partial charge in [0.2, 0.25) is 10.0 Å². The van der Waals surface area contributed by atoms with Gasteiger partial charge in [0.15, 0.2) is 0 Å². The molecule has 0 amide bonds. The molecular formula is C13H20N2O4S. The number of benzene rings is 1. The Hall–Kier alpha value is -1.44. The van der Waals surface area contributed by atoms with Crippen LogP contribution in [0.1, 0.15) is 15.9 Å². The van der Waals surface area contributed by atoms with Crippen molar-refractivity contribution in [2.75, 3.05) is 33.5 Å². The first kappa shape index (κ1) is 16.6. The van der Waals surface area contributed by atoms with Gasteiger partial charge in [-0.25, -0.2) is 17.5 Å². The van der Waals surface area contributed by atoms with Gasteiger partial charge in [-0.3, -0.25) is 0 Å². The average molecular weight is 300 g/mol. The molecule has 0 fully saturated rings. The third-order valence-corrected chi connectivity index (χ3v) is 4.63. The second kappa shape index (κ2) is 7.37. The summed E-state index contributed by atoms with van der Waals surface area (Å²) in [5, 5.41) is 3.05. The Morgan fingerprint density at radius 2 is 1.85 bits per heavy atom. The number of carbonyl (C=O) groups is 1. The lowest BCUT2D eigenvalue weighted by Gasteiger charge is -2.11. The van der Waals surface area contributed by atoms with Crippen molar-refractivity contribution in [3.63, 3.8) is 0 Å². The highest BCUT2D eigenvalue weighted by Crippen LogP contribution is 2.05.